The molecule has 0 aliphatic heterocycles. The van der Waals surface area contributed by atoms with Gasteiger partial charge < -0.3 is 0 Å². The minimum absolute atomic E-state index is 1.23. The zero-order valence-corrected chi connectivity index (χ0v) is 12.3. The fourth-order valence-corrected chi connectivity index (χ4v) is 3.69. The molecule has 0 saturated carbocycles. The van der Waals surface area contributed by atoms with Gasteiger partial charge in [-0.25, -0.2) is 0 Å². The first-order valence-corrected chi connectivity index (χ1v) is 7.75. The second-order valence-electron chi connectivity index (χ2n) is 4.04. The van der Waals surface area contributed by atoms with Crippen LogP contribution in [0, 0.1) is 0 Å². The number of aryl methyl sites for hydroxylation is 1. The van der Waals surface area contributed by atoms with Crippen molar-refractivity contribution >= 4 is 26.8 Å². The Labute approximate surface area is 95.2 Å². The van der Waals surface area contributed by atoms with E-state index in [9.17, 15) is 0 Å². The summed E-state index contributed by atoms with van der Waals surface area (Å²) < 4.78 is 0. The van der Waals surface area contributed by atoms with E-state index in [4.69, 9.17) is 0 Å². The van der Waals surface area contributed by atoms with E-state index < -0.39 is 0 Å². The summed E-state index contributed by atoms with van der Waals surface area (Å²) in [5.74, 6) is 0. The Morgan fingerprint density at radius 2 is 1.86 bits per heavy atom. The summed E-state index contributed by atoms with van der Waals surface area (Å²) in [5, 5.41) is 3.87. The fourth-order valence-electron chi connectivity index (χ4n) is 1.73. The predicted molar refractivity (Wildman–Crippen MR) is 71.0 cm³/mol. The summed E-state index contributed by atoms with van der Waals surface area (Å²) in [4.78, 5) is 1.66. The van der Waals surface area contributed by atoms with Gasteiger partial charge in [0.1, 0.15) is 0 Å². The Morgan fingerprint density at radius 1 is 1.14 bits per heavy atom. The molecule has 0 N–H and O–H groups in total. The molecule has 14 heavy (non-hydrogen) atoms. The van der Waals surface area contributed by atoms with Crippen LogP contribution in [-0.2, 0) is 6.42 Å². The number of hydrogen-bond acceptors (Lipinski definition) is 1. The van der Waals surface area contributed by atoms with Gasteiger partial charge in [0.05, 0.1) is 0 Å². The molecular formula is C12H22SSi. The molecule has 2 heteroatoms. The van der Waals surface area contributed by atoms with Gasteiger partial charge in [-0.3, -0.25) is 0 Å². The van der Waals surface area contributed by atoms with Gasteiger partial charge in [0.15, 0.2) is 0 Å². The van der Waals surface area contributed by atoms with Crippen molar-refractivity contribution < 1.29 is 0 Å². The van der Waals surface area contributed by atoms with Gasteiger partial charge >= 0.3 is 0 Å². The Kier molecular flexibility index (Phi) is 6.20. The Morgan fingerprint density at radius 3 is 2.50 bits per heavy atom. The van der Waals surface area contributed by atoms with Gasteiger partial charge in [-0.05, 0) is 18.2 Å². The maximum absolute atomic E-state index is 2.29. The van der Waals surface area contributed by atoms with Crippen molar-refractivity contribution in [2.75, 3.05) is 0 Å². The molecule has 80 valence electrons. The second-order valence-corrected chi connectivity index (χ2v) is 6.12. The van der Waals surface area contributed by atoms with E-state index in [1.165, 1.54) is 55.2 Å². The first-order valence-electron chi connectivity index (χ1n) is 5.87. The van der Waals surface area contributed by atoms with E-state index in [0.29, 0.717) is 0 Å². The van der Waals surface area contributed by atoms with Gasteiger partial charge in [0.2, 0.25) is 0 Å². The van der Waals surface area contributed by atoms with Crippen molar-refractivity contribution in [2.45, 2.75) is 51.9 Å². The van der Waals surface area contributed by atoms with Crippen LogP contribution in [0.4, 0.5) is 0 Å². The summed E-state index contributed by atoms with van der Waals surface area (Å²) in [6.45, 7) is 2.28. The molecular weight excluding hydrogens is 204 g/mol. The molecule has 0 aliphatic rings. The number of rotatable bonds is 7. The monoisotopic (exact) mass is 226 g/mol. The molecule has 0 unspecified atom stereocenters. The molecule has 1 rings (SSSR count). The van der Waals surface area contributed by atoms with Gasteiger partial charge in [0, 0.05) is 15.1 Å². The highest BCUT2D eigenvalue weighted by atomic mass is 32.1. The van der Waals surface area contributed by atoms with Crippen molar-refractivity contribution in [2.24, 2.45) is 0 Å². The van der Waals surface area contributed by atoms with Crippen LogP contribution >= 0.6 is 11.3 Å². The molecule has 1 heterocycles. The van der Waals surface area contributed by atoms with Gasteiger partial charge in [-0.1, -0.05) is 50.3 Å². The molecule has 0 atom stereocenters. The van der Waals surface area contributed by atoms with Crippen LogP contribution in [0.15, 0.2) is 11.4 Å². The van der Waals surface area contributed by atoms with Crippen LogP contribution < -0.4 is 5.19 Å². The summed E-state index contributed by atoms with van der Waals surface area (Å²) in [7, 11) is 1.23. The first-order chi connectivity index (χ1) is 6.84. The van der Waals surface area contributed by atoms with E-state index >= 15 is 0 Å². The minimum atomic E-state index is 1.23. The summed E-state index contributed by atoms with van der Waals surface area (Å²) >= 11 is 1.95. The molecule has 0 fully saturated rings. The highest BCUT2D eigenvalue weighted by Gasteiger charge is 1.98. The molecule has 0 saturated heterocycles. The molecule has 1 aromatic heterocycles. The average molecular weight is 226 g/mol. The SMILES string of the molecule is CCCCCCCCc1sccc1[SiH3]. The van der Waals surface area contributed by atoms with Crippen molar-refractivity contribution in [3.63, 3.8) is 0 Å². The van der Waals surface area contributed by atoms with Crippen molar-refractivity contribution in [1.82, 2.24) is 0 Å². The lowest BCUT2D eigenvalue weighted by Gasteiger charge is -2.00. The number of thiophene rings is 1. The van der Waals surface area contributed by atoms with Crippen LogP contribution in [0.1, 0.15) is 50.3 Å². The van der Waals surface area contributed by atoms with Crippen LogP contribution in [-0.4, -0.2) is 10.2 Å². The zero-order valence-electron chi connectivity index (χ0n) is 9.51. The summed E-state index contributed by atoms with van der Waals surface area (Å²) in [5.41, 5.74) is 0. The van der Waals surface area contributed by atoms with Crippen LogP contribution in [0.3, 0.4) is 0 Å². The normalized spacial score (nSPS) is 10.9. The van der Waals surface area contributed by atoms with E-state index in [-0.39, 0.29) is 0 Å². The third-order valence-corrected chi connectivity index (χ3v) is 5.11. The lowest BCUT2D eigenvalue weighted by molar-refractivity contribution is 0.609. The third kappa shape index (κ3) is 4.42. The fraction of sp³-hybridized carbons (Fsp3) is 0.667. The van der Waals surface area contributed by atoms with E-state index in [0.717, 1.165) is 0 Å². The predicted octanol–water partition coefficient (Wildman–Crippen LogP) is 2.64. The van der Waals surface area contributed by atoms with E-state index in [1.54, 1.807) is 10.1 Å². The van der Waals surface area contributed by atoms with Crippen LogP contribution in [0.25, 0.3) is 0 Å². The number of unbranched alkanes of at least 4 members (excludes halogenated alkanes) is 5. The summed E-state index contributed by atoms with van der Waals surface area (Å²) in [6.07, 6.45) is 9.83. The Hall–Kier alpha value is -0.0831. The maximum atomic E-state index is 2.29. The molecule has 0 bridgehead atoms. The minimum Gasteiger partial charge on any atom is -0.149 e. The zero-order chi connectivity index (χ0) is 10.2. The highest BCUT2D eigenvalue weighted by molar-refractivity contribution is 7.11. The van der Waals surface area contributed by atoms with E-state index in [2.05, 4.69) is 18.4 Å². The smallest absolute Gasteiger partial charge is 0.0399 e. The molecule has 0 nitrogen and oxygen atoms in total. The summed E-state index contributed by atoms with van der Waals surface area (Å²) in [6, 6.07) is 2.29. The van der Waals surface area contributed by atoms with Gasteiger partial charge in [0.25, 0.3) is 0 Å². The lowest BCUT2D eigenvalue weighted by atomic mass is 10.1. The van der Waals surface area contributed by atoms with Crippen molar-refractivity contribution in [3.05, 3.63) is 16.3 Å². The molecule has 0 amide bonds. The topological polar surface area (TPSA) is 0 Å². The molecule has 0 aliphatic carbocycles. The average Bonchev–Trinajstić information content (AvgIpc) is 2.58. The third-order valence-electron chi connectivity index (χ3n) is 2.73. The molecule has 0 aromatic carbocycles. The van der Waals surface area contributed by atoms with Crippen LogP contribution in [0.2, 0.25) is 0 Å². The van der Waals surface area contributed by atoms with Gasteiger partial charge in [-0.15, -0.1) is 11.3 Å². The lowest BCUT2D eigenvalue weighted by Crippen LogP contribution is -2.03. The standard InChI is InChI=1S/C12H22SSi/c1-2-3-4-5-6-7-8-11-12(14)9-10-13-11/h9-10H,2-8H2,1,14H3. The molecule has 1 aromatic rings. The van der Waals surface area contributed by atoms with Crippen LogP contribution in [0.5, 0.6) is 0 Å². The Balaban J connectivity index is 2.02. The van der Waals surface area contributed by atoms with Crippen molar-refractivity contribution in [1.29, 1.82) is 0 Å². The first kappa shape index (κ1) is 12.0. The quantitative estimate of drug-likeness (QED) is 0.495. The van der Waals surface area contributed by atoms with Gasteiger partial charge in [-0.2, -0.15) is 0 Å². The number of hydrogen-bond donors (Lipinski definition) is 0. The second kappa shape index (κ2) is 7.24. The highest BCUT2D eigenvalue weighted by Crippen LogP contribution is 2.12. The largest absolute Gasteiger partial charge is 0.149 e. The Bertz CT molecular complexity index is 242. The van der Waals surface area contributed by atoms with E-state index in [1.807, 2.05) is 11.3 Å². The maximum Gasteiger partial charge on any atom is 0.0399 e. The van der Waals surface area contributed by atoms with Crippen molar-refractivity contribution in [3.8, 4) is 0 Å². The molecule has 0 spiro atoms. The molecule has 0 radical (unpaired) electrons.